The number of aliphatic carboxylic acids is 1. The fourth-order valence-electron chi connectivity index (χ4n) is 6.91. The van der Waals surface area contributed by atoms with Gasteiger partial charge in [0.2, 0.25) is 5.91 Å². The van der Waals surface area contributed by atoms with Gasteiger partial charge in [-0.05, 0) is 110 Å². The van der Waals surface area contributed by atoms with Crippen LogP contribution in [0.2, 0.25) is 0 Å². The zero-order chi connectivity index (χ0) is 52.1. The van der Waals surface area contributed by atoms with Gasteiger partial charge in [-0.2, -0.15) is 0 Å². The molecule has 372 valence electrons. The minimum absolute atomic E-state index is 0.0218. The Balaban J connectivity index is 0.000000272. The summed E-state index contributed by atoms with van der Waals surface area (Å²) in [6, 6.07) is 27.6. The summed E-state index contributed by atoms with van der Waals surface area (Å²) in [6.45, 7) is 18.1. The molecule has 6 rings (SSSR count). The number of carboxylic acids is 1. The van der Waals surface area contributed by atoms with Gasteiger partial charge in [-0.3, -0.25) is 19.2 Å². The monoisotopic (exact) mass is 1090 g/mol. The predicted octanol–water partition coefficient (Wildman–Crippen LogP) is 10.0. The maximum Gasteiger partial charge on any atom is 0.326 e. The van der Waals surface area contributed by atoms with E-state index in [1.54, 1.807) is 69.8 Å². The first-order chi connectivity index (χ1) is 33.3. The predicted molar refractivity (Wildman–Crippen MR) is 282 cm³/mol. The molecule has 2 atom stereocenters. The van der Waals surface area contributed by atoms with Crippen molar-refractivity contribution >= 4 is 61.5 Å². The molecule has 0 fully saturated rings. The average Bonchev–Trinajstić information content (AvgIpc) is 3.31. The van der Waals surface area contributed by atoms with E-state index in [1.165, 1.54) is 0 Å². The van der Waals surface area contributed by atoms with Crippen LogP contribution < -0.4 is 16.0 Å². The SMILES string of the molecule is CC(C)(C)OC(=O)CCNC(=O)[C@H](Cc1ccc(-c2ncc(Br)cn2)cc1)NC(=O)c1ccc(C(C)(C)C)cc1.CC(C)(C)c1ccc(C(=O)N[C@@H](Cc2ccc(-c3ncc(Br)cn3)cc2)C(=O)O)cc1. The van der Waals surface area contributed by atoms with E-state index >= 15 is 0 Å². The van der Waals surface area contributed by atoms with Crippen molar-refractivity contribution in [1.82, 2.24) is 35.9 Å². The molecule has 4 N–H and O–H groups in total. The second-order valence-corrected chi connectivity index (χ2v) is 21.8. The molecular formula is C55H61Br2N7O7. The van der Waals surface area contributed by atoms with Gasteiger partial charge in [0.25, 0.3) is 11.8 Å². The standard InChI is InChI=1S/C31H37BrN4O4.C24H24BrN3O3/c1-30(2,3)23-13-11-22(12-14-23)28(38)36-25(29(39)33-16-15-26(37)40-31(4,5)6)17-20-7-9-21(10-8-20)27-34-18-24(32)19-35-27;1-24(2,3)18-10-8-17(9-11-18)22(29)28-20(23(30)31)12-15-4-6-16(7-5-15)21-26-13-19(25)14-27-21/h7-14,18-19,25H,15-17H2,1-6H3,(H,33,39)(H,36,38);4-11,13-14,20H,12H2,1-3H3,(H,28,29)(H,30,31)/t25-;20-/m00/s1. The van der Waals surface area contributed by atoms with Gasteiger partial charge in [0.15, 0.2) is 11.6 Å². The highest BCUT2D eigenvalue weighted by molar-refractivity contribution is 9.10. The van der Waals surface area contributed by atoms with Crippen LogP contribution in [0.1, 0.15) is 112 Å². The summed E-state index contributed by atoms with van der Waals surface area (Å²) in [4.78, 5) is 79.8. The number of hydrogen-bond donors (Lipinski definition) is 4. The topological polar surface area (TPSA) is 202 Å². The van der Waals surface area contributed by atoms with Crippen molar-refractivity contribution in [2.24, 2.45) is 0 Å². The van der Waals surface area contributed by atoms with Crippen LogP contribution in [0.5, 0.6) is 0 Å². The first-order valence-corrected chi connectivity index (χ1v) is 24.6. The van der Waals surface area contributed by atoms with E-state index in [4.69, 9.17) is 4.74 Å². The van der Waals surface area contributed by atoms with E-state index in [-0.39, 0.29) is 48.5 Å². The lowest BCUT2D eigenvalue weighted by Crippen LogP contribution is -2.48. The number of carbonyl (C=O) groups excluding carboxylic acids is 4. The first-order valence-electron chi connectivity index (χ1n) is 23.0. The number of amides is 3. The smallest absolute Gasteiger partial charge is 0.326 e. The molecule has 0 saturated heterocycles. The van der Waals surface area contributed by atoms with Crippen molar-refractivity contribution in [3.05, 3.63) is 164 Å². The second kappa shape index (κ2) is 24.5. The normalized spacial score (nSPS) is 12.3. The van der Waals surface area contributed by atoms with Crippen molar-refractivity contribution in [3.8, 4) is 22.8 Å². The van der Waals surface area contributed by atoms with E-state index in [1.807, 2.05) is 72.8 Å². The quantitative estimate of drug-likeness (QED) is 0.0713. The van der Waals surface area contributed by atoms with Crippen LogP contribution in [0.25, 0.3) is 22.8 Å². The van der Waals surface area contributed by atoms with Gasteiger partial charge < -0.3 is 25.8 Å². The van der Waals surface area contributed by atoms with Gasteiger partial charge in [0.05, 0.1) is 15.4 Å². The lowest BCUT2D eigenvalue weighted by atomic mass is 9.86. The molecule has 0 aliphatic rings. The largest absolute Gasteiger partial charge is 0.480 e. The van der Waals surface area contributed by atoms with Gasteiger partial charge in [0, 0.05) is 66.4 Å². The van der Waals surface area contributed by atoms with Gasteiger partial charge in [-0.15, -0.1) is 0 Å². The van der Waals surface area contributed by atoms with Crippen LogP contribution in [-0.2, 0) is 42.8 Å². The Kier molecular flexibility index (Phi) is 19.0. The fraction of sp³-hybridized carbons (Fsp3) is 0.327. The zero-order valence-corrected chi connectivity index (χ0v) is 44.6. The van der Waals surface area contributed by atoms with Gasteiger partial charge in [-0.25, -0.2) is 24.7 Å². The van der Waals surface area contributed by atoms with E-state index in [9.17, 15) is 29.1 Å². The highest BCUT2D eigenvalue weighted by Crippen LogP contribution is 2.24. The Morgan fingerprint density at radius 1 is 0.549 bits per heavy atom. The maximum atomic E-state index is 13.2. The van der Waals surface area contributed by atoms with Crippen molar-refractivity contribution in [1.29, 1.82) is 0 Å². The van der Waals surface area contributed by atoms with Crippen molar-refractivity contribution < 1.29 is 33.8 Å². The molecule has 6 aromatic rings. The number of ether oxygens (including phenoxy) is 1. The molecule has 0 aliphatic carbocycles. The van der Waals surface area contributed by atoms with Crippen molar-refractivity contribution in [3.63, 3.8) is 0 Å². The van der Waals surface area contributed by atoms with Crippen LogP contribution in [0, 0.1) is 0 Å². The summed E-state index contributed by atoms with van der Waals surface area (Å²) < 4.78 is 6.89. The molecule has 3 amide bonds. The van der Waals surface area contributed by atoms with Crippen LogP contribution >= 0.6 is 31.9 Å². The summed E-state index contributed by atoms with van der Waals surface area (Å²) in [5.74, 6) is -1.48. The first kappa shape index (κ1) is 55.3. The highest BCUT2D eigenvalue weighted by atomic mass is 79.9. The third-order valence-electron chi connectivity index (χ3n) is 10.8. The number of nitrogens with one attached hydrogen (secondary N) is 3. The molecule has 0 bridgehead atoms. The molecule has 2 aromatic heterocycles. The molecule has 0 radical (unpaired) electrons. The molecule has 0 saturated carbocycles. The molecule has 16 heteroatoms. The van der Waals surface area contributed by atoms with E-state index in [0.29, 0.717) is 22.8 Å². The number of aromatic nitrogens is 4. The minimum atomic E-state index is -1.08. The number of hydrogen-bond acceptors (Lipinski definition) is 10. The van der Waals surface area contributed by atoms with Gasteiger partial charge in [0.1, 0.15) is 17.7 Å². The molecule has 71 heavy (non-hydrogen) atoms. The molecule has 0 spiro atoms. The number of halogens is 2. The number of esters is 1. The number of nitrogens with zero attached hydrogens (tertiary/aromatic N) is 4. The average molecular weight is 1090 g/mol. The molecule has 2 heterocycles. The Labute approximate surface area is 432 Å². The molecule has 14 nitrogen and oxygen atoms in total. The summed E-state index contributed by atoms with van der Waals surface area (Å²) in [5.41, 5.74) is 5.73. The Hall–Kier alpha value is -6.65. The summed E-state index contributed by atoms with van der Waals surface area (Å²) in [7, 11) is 0. The third kappa shape index (κ3) is 17.6. The van der Waals surface area contributed by atoms with E-state index in [2.05, 4.69) is 109 Å². The number of carbonyl (C=O) groups is 5. The highest BCUT2D eigenvalue weighted by Gasteiger charge is 2.25. The lowest BCUT2D eigenvalue weighted by Gasteiger charge is -2.21. The Bertz CT molecular complexity index is 2750. The Morgan fingerprint density at radius 2 is 0.915 bits per heavy atom. The second-order valence-electron chi connectivity index (χ2n) is 19.9. The van der Waals surface area contributed by atoms with Crippen LogP contribution in [0.15, 0.2) is 131 Å². The third-order valence-corrected chi connectivity index (χ3v) is 11.7. The Morgan fingerprint density at radius 3 is 1.27 bits per heavy atom. The minimum Gasteiger partial charge on any atom is -0.480 e. The number of benzene rings is 4. The van der Waals surface area contributed by atoms with Crippen molar-refractivity contribution in [2.45, 2.75) is 110 Å². The molecule has 0 aliphatic heterocycles. The van der Waals surface area contributed by atoms with E-state index in [0.717, 1.165) is 42.3 Å². The summed E-state index contributed by atoms with van der Waals surface area (Å²) in [6.07, 6.45) is 7.14. The van der Waals surface area contributed by atoms with Crippen LogP contribution in [-0.4, -0.2) is 78.9 Å². The fourth-order valence-corrected chi connectivity index (χ4v) is 7.32. The van der Waals surface area contributed by atoms with Gasteiger partial charge >= 0.3 is 11.9 Å². The molecular weight excluding hydrogens is 1030 g/mol. The van der Waals surface area contributed by atoms with Crippen LogP contribution in [0.4, 0.5) is 0 Å². The number of rotatable bonds is 15. The molecule has 4 aromatic carbocycles. The zero-order valence-electron chi connectivity index (χ0n) is 41.5. The molecule has 0 unspecified atom stereocenters. The number of carboxylic acid groups (broad SMARTS) is 1. The van der Waals surface area contributed by atoms with Crippen molar-refractivity contribution in [2.75, 3.05) is 6.54 Å². The maximum absolute atomic E-state index is 13.2. The lowest BCUT2D eigenvalue weighted by molar-refractivity contribution is -0.154. The van der Waals surface area contributed by atoms with E-state index < -0.39 is 35.5 Å². The summed E-state index contributed by atoms with van der Waals surface area (Å²) in [5, 5.41) is 17.9. The van der Waals surface area contributed by atoms with Crippen LogP contribution in [0.3, 0.4) is 0 Å². The van der Waals surface area contributed by atoms with Gasteiger partial charge in [-0.1, -0.05) is 114 Å². The summed E-state index contributed by atoms with van der Waals surface area (Å²) >= 11 is 6.64.